The molecular formula is C17H14N2. The Hall–Kier alpha value is -2.48. The van der Waals surface area contributed by atoms with Crippen LogP contribution < -0.4 is 0 Å². The summed E-state index contributed by atoms with van der Waals surface area (Å²) >= 11 is 0. The van der Waals surface area contributed by atoms with Crippen molar-refractivity contribution in [2.24, 2.45) is 0 Å². The van der Waals surface area contributed by atoms with Crippen LogP contribution in [-0.4, -0.2) is 9.97 Å². The van der Waals surface area contributed by atoms with Gasteiger partial charge in [0.05, 0.1) is 0 Å². The Bertz CT molecular complexity index is 593. The lowest BCUT2D eigenvalue weighted by Gasteiger charge is -1.98. The van der Waals surface area contributed by atoms with Gasteiger partial charge >= 0.3 is 0 Å². The van der Waals surface area contributed by atoms with Crippen molar-refractivity contribution in [2.75, 3.05) is 0 Å². The Labute approximate surface area is 112 Å². The number of benzene rings is 2. The van der Waals surface area contributed by atoms with Crippen molar-refractivity contribution in [2.45, 2.75) is 6.42 Å². The van der Waals surface area contributed by atoms with Crippen LogP contribution >= 0.6 is 0 Å². The number of aromatic nitrogens is 2. The molecule has 2 heteroatoms. The average molecular weight is 246 g/mol. The standard InChI is InChI=1S/C13H10.C4H4N2/c1-3-7-12-10(5-1)9-11-6-2-4-8-13(11)12;1-2-5-4-6-3-1/h1-8H,9H2;1-4H. The lowest BCUT2D eigenvalue weighted by atomic mass is 10.1. The summed E-state index contributed by atoms with van der Waals surface area (Å²) in [5, 5.41) is 0. The van der Waals surface area contributed by atoms with E-state index < -0.39 is 0 Å². The minimum atomic E-state index is 1.10. The molecule has 0 bridgehead atoms. The molecule has 1 heterocycles. The number of rotatable bonds is 0. The summed E-state index contributed by atoms with van der Waals surface area (Å²) in [6.07, 6.45) is 5.98. The smallest absolute Gasteiger partial charge is 0.115 e. The maximum atomic E-state index is 3.67. The van der Waals surface area contributed by atoms with E-state index in [0.717, 1.165) is 6.42 Å². The molecule has 1 aliphatic rings. The van der Waals surface area contributed by atoms with Gasteiger partial charge in [0.25, 0.3) is 0 Å². The molecule has 0 saturated heterocycles. The van der Waals surface area contributed by atoms with Crippen LogP contribution in [0.5, 0.6) is 0 Å². The normalized spacial score (nSPS) is 10.9. The molecule has 0 aliphatic heterocycles. The van der Waals surface area contributed by atoms with Gasteiger partial charge < -0.3 is 0 Å². The third-order valence-electron chi connectivity index (χ3n) is 3.18. The summed E-state index contributed by atoms with van der Waals surface area (Å²) in [5.74, 6) is 0. The summed E-state index contributed by atoms with van der Waals surface area (Å²) in [7, 11) is 0. The lowest BCUT2D eigenvalue weighted by molar-refractivity contribution is 1.17. The monoisotopic (exact) mass is 246 g/mol. The van der Waals surface area contributed by atoms with E-state index in [9.17, 15) is 0 Å². The summed E-state index contributed by atoms with van der Waals surface area (Å²) in [4.78, 5) is 7.35. The zero-order valence-corrected chi connectivity index (χ0v) is 10.5. The van der Waals surface area contributed by atoms with Crippen LogP contribution in [0, 0.1) is 0 Å². The van der Waals surface area contributed by atoms with E-state index in [4.69, 9.17) is 0 Å². The van der Waals surface area contributed by atoms with Crippen molar-refractivity contribution in [3.63, 3.8) is 0 Å². The molecule has 0 unspecified atom stereocenters. The fourth-order valence-corrected chi connectivity index (χ4v) is 2.33. The van der Waals surface area contributed by atoms with E-state index in [1.165, 1.54) is 28.6 Å². The Morgan fingerprint density at radius 3 is 1.58 bits per heavy atom. The van der Waals surface area contributed by atoms with Crippen LogP contribution in [0.25, 0.3) is 11.1 Å². The maximum Gasteiger partial charge on any atom is 0.115 e. The van der Waals surface area contributed by atoms with Gasteiger partial charge in [-0.25, -0.2) is 9.97 Å². The van der Waals surface area contributed by atoms with Gasteiger partial charge in [-0.2, -0.15) is 0 Å². The van der Waals surface area contributed by atoms with Gasteiger partial charge in [0, 0.05) is 12.4 Å². The quantitative estimate of drug-likeness (QED) is 0.472. The molecule has 0 fully saturated rings. The van der Waals surface area contributed by atoms with E-state index in [1.54, 1.807) is 18.5 Å². The van der Waals surface area contributed by atoms with E-state index in [-0.39, 0.29) is 0 Å². The van der Waals surface area contributed by atoms with Crippen LogP contribution in [0.1, 0.15) is 11.1 Å². The largest absolute Gasteiger partial charge is 0.245 e. The van der Waals surface area contributed by atoms with Gasteiger partial charge in [-0.05, 0) is 34.7 Å². The molecule has 92 valence electrons. The zero-order chi connectivity index (χ0) is 12.9. The minimum Gasteiger partial charge on any atom is -0.245 e. The number of hydrogen-bond donors (Lipinski definition) is 0. The Morgan fingerprint density at radius 1 is 0.632 bits per heavy atom. The minimum absolute atomic E-state index is 1.10. The molecule has 0 atom stereocenters. The fourth-order valence-electron chi connectivity index (χ4n) is 2.33. The predicted octanol–water partition coefficient (Wildman–Crippen LogP) is 3.73. The van der Waals surface area contributed by atoms with Crippen LogP contribution in [0.4, 0.5) is 0 Å². The van der Waals surface area contributed by atoms with Crippen LogP contribution in [0.3, 0.4) is 0 Å². The van der Waals surface area contributed by atoms with Crippen molar-refractivity contribution < 1.29 is 0 Å². The van der Waals surface area contributed by atoms with Gasteiger partial charge in [0.1, 0.15) is 6.33 Å². The van der Waals surface area contributed by atoms with E-state index in [0.29, 0.717) is 0 Å². The summed E-state index contributed by atoms with van der Waals surface area (Å²) < 4.78 is 0. The molecule has 2 aromatic carbocycles. The summed E-state index contributed by atoms with van der Waals surface area (Å²) in [5.41, 5.74) is 5.75. The molecule has 1 aliphatic carbocycles. The molecule has 0 amide bonds. The molecule has 3 aromatic rings. The lowest BCUT2D eigenvalue weighted by Crippen LogP contribution is -1.77. The van der Waals surface area contributed by atoms with Gasteiger partial charge in [0.2, 0.25) is 0 Å². The topological polar surface area (TPSA) is 25.8 Å². The average Bonchev–Trinajstić information content (AvgIpc) is 2.88. The van der Waals surface area contributed by atoms with E-state index in [2.05, 4.69) is 58.5 Å². The second-order valence-electron chi connectivity index (χ2n) is 4.40. The molecule has 0 saturated carbocycles. The molecule has 4 rings (SSSR count). The maximum absolute atomic E-state index is 3.67. The summed E-state index contributed by atoms with van der Waals surface area (Å²) in [6.45, 7) is 0. The zero-order valence-electron chi connectivity index (χ0n) is 10.5. The van der Waals surface area contributed by atoms with Crippen molar-refractivity contribution >= 4 is 0 Å². The van der Waals surface area contributed by atoms with Crippen LogP contribution in [-0.2, 0) is 6.42 Å². The van der Waals surface area contributed by atoms with Gasteiger partial charge in [-0.1, -0.05) is 48.5 Å². The molecule has 0 N–H and O–H groups in total. The third kappa shape index (κ3) is 2.52. The SMILES string of the molecule is c1ccc2c(c1)Cc1ccccc1-2.c1cncnc1. The first-order valence-electron chi connectivity index (χ1n) is 6.31. The molecule has 2 nitrogen and oxygen atoms in total. The molecule has 0 spiro atoms. The molecule has 1 aromatic heterocycles. The highest BCUT2D eigenvalue weighted by Gasteiger charge is 2.15. The van der Waals surface area contributed by atoms with Gasteiger partial charge in [-0.15, -0.1) is 0 Å². The first-order valence-corrected chi connectivity index (χ1v) is 6.31. The van der Waals surface area contributed by atoms with Crippen molar-refractivity contribution in [1.29, 1.82) is 0 Å². The highest BCUT2D eigenvalue weighted by molar-refractivity contribution is 5.76. The van der Waals surface area contributed by atoms with Gasteiger partial charge in [-0.3, -0.25) is 0 Å². The molecular weight excluding hydrogens is 232 g/mol. The second-order valence-corrected chi connectivity index (χ2v) is 4.40. The number of nitrogens with zero attached hydrogens (tertiary/aromatic N) is 2. The first-order chi connectivity index (χ1) is 9.45. The van der Waals surface area contributed by atoms with Crippen molar-refractivity contribution in [3.8, 4) is 11.1 Å². The van der Waals surface area contributed by atoms with Crippen LogP contribution in [0.2, 0.25) is 0 Å². The van der Waals surface area contributed by atoms with Crippen LogP contribution in [0.15, 0.2) is 73.3 Å². The fraction of sp³-hybridized carbons (Fsp3) is 0.0588. The summed E-state index contributed by atoms with van der Waals surface area (Å²) in [6, 6.07) is 19.1. The van der Waals surface area contributed by atoms with E-state index in [1.807, 2.05) is 0 Å². The van der Waals surface area contributed by atoms with Crippen molar-refractivity contribution in [1.82, 2.24) is 9.97 Å². The second kappa shape index (κ2) is 5.44. The molecule has 19 heavy (non-hydrogen) atoms. The van der Waals surface area contributed by atoms with Crippen molar-refractivity contribution in [3.05, 3.63) is 84.4 Å². The third-order valence-corrected chi connectivity index (χ3v) is 3.18. The van der Waals surface area contributed by atoms with Gasteiger partial charge in [0.15, 0.2) is 0 Å². The predicted molar refractivity (Wildman–Crippen MR) is 76.7 cm³/mol. The van der Waals surface area contributed by atoms with E-state index >= 15 is 0 Å². The Morgan fingerprint density at radius 2 is 1.16 bits per heavy atom. The number of hydrogen-bond acceptors (Lipinski definition) is 2. The Kier molecular flexibility index (Phi) is 3.32. The highest BCUT2D eigenvalue weighted by Crippen LogP contribution is 2.35. The Balaban J connectivity index is 0.000000155. The molecule has 0 radical (unpaired) electrons. The highest BCUT2D eigenvalue weighted by atomic mass is 14.8. The number of fused-ring (bicyclic) bond motifs is 3. The first kappa shape index (κ1) is 11.6.